The minimum absolute atomic E-state index is 0.934. The van der Waals surface area contributed by atoms with Crippen LogP contribution in [0, 0.1) is 0 Å². The summed E-state index contributed by atoms with van der Waals surface area (Å²) in [5.41, 5.74) is 0. The highest BCUT2D eigenvalue weighted by Crippen LogP contribution is 2.13. The first kappa shape index (κ1) is 13.6. The summed E-state index contributed by atoms with van der Waals surface area (Å²) in [6.45, 7) is 4.58. The Morgan fingerprint density at radius 1 is 1.22 bits per heavy atom. The van der Waals surface area contributed by atoms with Gasteiger partial charge < -0.3 is 10.2 Å². The third-order valence-corrected chi connectivity index (χ3v) is 3.93. The second-order valence-corrected chi connectivity index (χ2v) is 5.45. The van der Waals surface area contributed by atoms with Crippen molar-refractivity contribution in [3.63, 3.8) is 0 Å². The maximum absolute atomic E-state index is 4.23. The summed E-state index contributed by atoms with van der Waals surface area (Å²) in [6, 6.07) is 2.01. The van der Waals surface area contributed by atoms with Crippen molar-refractivity contribution in [2.45, 2.75) is 30.7 Å². The van der Waals surface area contributed by atoms with Crippen molar-refractivity contribution in [2.24, 2.45) is 0 Å². The van der Waals surface area contributed by atoms with E-state index in [9.17, 15) is 0 Å². The molecule has 1 fully saturated rings. The maximum Gasteiger partial charge on any atom is 0.130 e. The molecule has 1 aromatic heterocycles. The van der Waals surface area contributed by atoms with Gasteiger partial charge in [-0.2, -0.15) is 0 Å². The molecule has 0 radical (unpaired) electrons. The van der Waals surface area contributed by atoms with Gasteiger partial charge in [-0.1, -0.05) is 12.8 Å². The van der Waals surface area contributed by atoms with Crippen molar-refractivity contribution >= 4 is 17.6 Å². The molecule has 0 aliphatic carbocycles. The highest BCUT2D eigenvalue weighted by molar-refractivity contribution is 7.98. The van der Waals surface area contributed by atoms with E-state index in [0.717, 1.165) is 23.9 Å². The van der Waals surface area contributed by atoms with Gasteiger partial charge in [0.2, 0.25) is 0 Å². The van der Waals surface area contributed by atoms with Crippen LogP contribution in [0.3, 0.4) is 0 Å². The molecule has 0 spiro atoms. The summed E-state index contributed by atoms with van der Waals surface area (Å²) in [7, 11) is 0. The second-order valence-electron chi connectivity index (χ2n) is 4.63. The Morgan fingerprint density at radius 2 is 2.00 bits per heavy atom. The number of hydrogen-bond donors (Lipinski definition) is 1. The molecule has 1 aliphatic heterocycles. The highest BCUT2D eigenvalue weighted by atomic mass is 32.2. The van der Waals surface area contributed by atoms with E-state index in [4.69, 9.17) is 0 Å². The molecule has 0 bridgehead atoms. The molecular weight excluding hydrogens is 244 g/mol. The smallest absolute Gasteiger partial charge is 0.130 e. The van der Waals surface area contributed by atoms with Gasteiger partial charge in [-0.25, -0.2) is 9.97 Å². The number of aromatic nitrogens is 2. The van der Waals surface area contributed by atoms with Crippen molar-refractivity contribution in [3.05, 3.63) is 12.4 Å². The molecule has 0 aromatic carbocycles. The van der Waals surface area contributed by atoms with Gasteiger partial charge in [0, 0.05) is 19.2 Å². The fourth-order valence-electron chi connectivity index (χ4n) is 2.25. The SMILES string of the molecule is CSc1cc(NCCN2CCCCCC2)ncn1. The van der Waals surface area contributed by atoms with Crippen LogP contribution in [0.2, 0.25) is 0 Å². The van der Waals surface area contributed by atoms with Crippen molar-refractivity contribution in [3.8, 4) is 0 Å². The summed E-state index contributed by atoms with van der Waals surface area (Å²) >= 11 is 1.65. The third-order valence-electron chi connectivity index (χ3n) is 3.28. The molecule has 5 heteroatoms. The van der Waals surface area contributed by atoms with E-state index in [2.05, 4.69) is 20.2 Å². The van der Waals surface area contributed by atoms with Crippen LogP contribution in [0.4, 0.5) is 5.82 Å². The summed E-state index contributed by atoms with van der Waals surface area (Å²) in [5.74, 6) is 0.934. The van der Waals surface area contributed by atoms with Gasteiger partial charge in [0.1, 0.15) is 17.2 Å². The topological polar surface area (TPSA) is 41.0 Å². The summed E-state index contributed by atoms with van der Waals surface area (Å²) < 4.78 is 0. The van der Waals surface area contributed by atoms with Crippen LogP contribution in [0.5, 0.6) is 0 Å². The summed E-state index contributed by atoms with van der Waals surface area (Å²) in [5, 5.41) is 4.40. The predicted molar refractivity (Wildman–Crippen MR) is 77.2 cm³/mol. The van der Waals surface area contributed by atoms with E-state index in [1.54, 1.807) is 18.1 Å². The number of rotatable bonds is 5. The van der Waals surface area contributed by atoms with Gasteiger partial charge in [-0.3, -0.25) is 0 Å². The number of anilines is 1. The van der Waals surface area contributed by atoms with E-state index < -0.39 is 0 Å². The van der Waals surface area contributed by atoms with Crippen LogP contribution >= 0.6 is 11.8 Å². The molecule has 100 valence electrons. The van der Waals surface area contributed by atoms with Gasteiger partial charge in [-0.15, -0.1) is 11.8 Å². The van der Waals surface area contributed by atoms with E-state index in [-0.39, 0.29) is 0 Å². The van der Waals surface area contributed by atoms with Gasteiger partial charge in [0.25, 0.3) is 0 Å². The lowest BCUT2D eigenvalue weighted by Gasteiger charge is -2.19. The van der Waals surface area contributed by atoms with Crippen LogP contribution < -0.4 is 5.32 Å². The molecule has 0 unspecified atom stereocenters. The minimum atomic E-state index is 0.934. The Morgan fingerprint density at radius 3 is 2.72 bits per heavy atom. The zero-order chi connectivity index (χ0) is 12.6. The van der Waals surface area contributed by atoms with Crippen LogP contribution in [0.1, 0.15) is 25.7 Å². The first-order chi connectivity index (χ1) is 8.88. The molecule has 1 N–H and O–H groups in total. The molecule has 4 nitrogen and oxygen atoms in total. The van der Waals surface area contributed by atoms with Crippen LogP contribution in [-0.4, -0.2) is 47.3 Å². The van der Waals surface area contributed by atoms with E-state index >= 15 is 0 Å². The monoisotopic (exact) mass is 266 g/mol. The fraction of sp³-hybridized carbons (Fsp3) is 0.692. The molecule has 1 aromatic rings. The number of thioether (sulfide) groups is 1. The summed E-state index contributed by atoms with van der Waals surface area (Å²) in [6.07, 6.45) is 9.15. The Kier molecular flexibility index (Phi) is 5.74. The molecule has 0 atom stereocenters. The molecule has 18 heavy (non-hydrogen) atoms. The van der Waals surface area contributed by atoms with Crippen molar-refractivity contribution in [1.29, 1.82) is 0 Å². The lowest BCUT2D eigenvalue weighted by molar-refractivity contribution is 0.296. The van der Waals surface area contributed by atoms with Crippen molar-refractivity contribution in [2.75, 3.05) is 37.8 Å². The Balaban J connectivity index is 1.73. The first-order valence-corrected chi connectivity index (χ1v) is 7.93. The highest BCUT2D eigenvalue weighted by Gasteiger charge is 2.08. The van der Waals surface area contributed by atoms with Crippen LogP contribution in [-0.2, 0) is 0 Å². The molecule has 0 saturated carbocycles. The molecule has 2 heterocycles. The average molecular weight is 266 g/mol. The zero-order valence-electron chi connectivity index (χ0n) is 11.1. The summed E-state index contributed by atoms with van der Waals surface area (Å²) in [4.78, 5) is 11.0. The lowest BCUT2D eigenvalue weighted by atomic mass is 10.2. The average Bonchev–Trinajstić information content (AvgIpc) is 2.68. The third kappa shape index (κ3) is 4.46. The van der Waals surface area contributed by atoms with Gasteiger partial charge in [-0.05, 0) is 32.2 Å². The number of hydrogen-bond acceptors (Lipinski definition) is 5. The Labute approximate surface area is 114 Å². The van der Waals surface area contributed by atoms with E-state index in [1.807, 2.05) is 12.3 Å². The minimum Gasteiger partial charge on any atom is -0.369 e. The molecule has 0 amide bonds. The second kappa shape index (κ2) is 7.59. The zero-order valence-corrected chi connectivity index (χ0v) is 11.9. The quantitative estimate of drug-likeness (QED) is 0.655. The Hall–Kier alpha value is -0.810. The van der Waals surface area contributed by atoms with Gasteiger partial charge in [0.15, 0.2) is 0 Å². The lowest BCUT2D eigenvalue weighted by Crippen LogP contribution is -2.30. The number of nitrogens with zero attached hydrogens (tertiary/aromatic N) is 3. The fourth-order valence-corrected chi connectivity index (χ4v) is 2.63. The normalized spacial score (nSPS) is 17.4. The van der Waals surface area contributed by atoms with Gasteiger partial charge in [0.05, 0.1) is 0 Å². The Bertz CT molecular complexity index is 351. The van der Waals surface area contributed by atoms with E-state index in [1.165, 1.54) is 38.8 Å². The molecular formula is C13H22N4S. The molecule has 2 rings (SSSR count). The maximum atomic E-state index is 4.23. The largest absolute Gasteiger partial charge is 0.369 e. The van der Waals surface area contributed by atoms with E-state index in [0.29, 0.717) is 0 Å². The van der Waals surface area contributed by atoms with Crippen LogP contribution in [0.25, 0.3) is 0 Å². The predicted octanol–water partition coefficient (Wildman–Crippen LogP) is 2.49. The number of likely N-dealkylation sites (tertiary alicyclic amines) is 1. The van der Waals surface area contributed by atoms with Gasteiger partial charge >= 0.3 is 0 Å². The first-order valence-electron chi connectivity index (χ1n) is 6.71. The number of nitrogens with one attached hydrogen (secondary N) is 1. The molecule has 1 saturated heterocycles. The van der Waals surface area contributed by atoms with Crippen LogP contribution in [0.15, 0.2) is 17.4 Å². The van der Waals surface area contributed by atoms with Crippen molar-refractivity contribution in [1.82, 2.24) is 14.9 Å². The standard InChI is InChI=1S/C13H22N4S/c1-18-13-10-12(15-11-16-13)14-6-9-17-7-4-2-3-5-8-17/h10-11H,2-9H2,1H3,(H,14,15,16). The molecule has 1 aliphatic rings. The van der Waals surface area contributed by atoms with Crippen molar-refractivity contribution < 1.29 is 0 Å².